The van der Waals surface area contributed by atoms with Gasteiger partial charge in [-0.15, -0.1) is 0 Å². The highest BCUT2D eigenvalue weighted by Crippen LogP contribution is 2.16. The molecule has 0 aliphatic rings. The maximum absolute atomic E-state index is 5.77. The molecule has 0 bridgehead atoms. The minimum absolute atomic E-state index is 0.498. The van der Waals surface area contributed by atoms with E-state index in [-0.39, 0.29) is 0 Å². The van der Waals surface area contributed by atoms with Crippen molar-refractivity contribution in [1.82, 2.24) is 4.98 Å². The minimum Gasteiger partial charge on any atom is -0.481 e. The van der Waals surface area contributed by atoms with E-state index in [9.17, 15) is 0 Å². The Morgan fingerprint density at radius 2 is 2.25 bits per heavy atom. The van der Waals surface area contributed by atoms with Crippen molar-refractivity contribution in [3.8, 4) is 5.88 Å². The monoisotopic (exact) mass is 185 g/mol. The molecule has 0 aliphatic heterocycles. The van der Waals surface area contributed by atoms with E-state index in [1.165, 1.54) is 5.56 Å². The molecule has 66 valence electrons. The number of aryl methyl sites for hydroxylation is 1. The molecule has 0 aliphatic carbocycles. The second-order valence-corrected chi connectivity index (χ2v) is 2.98. The van der Waals surface area contributed by atoms with E-state index in [4.69, 9.17) is 16.3 Å². The van der Waals surface area contributed by atoms with Crippen molar-refractivity contribution < 1.29 is 4.74 Å². The van der Waals surface area contributed by atoms with Gasteiger partial charge >= 0.3 is 0 Å². The van der Waals surface area contributed by atoms with Gasteiger partial charge in [0.15, 0.2) is 0 Å². The third-order valence-electron chi connectivity index (χ3n) is 1.58. The molecule has 3 heteroatoms. The number of pyridine rings is 1. The van der Waals surface area contributed by atoms with Gasteiger partial charge in [-0.2, -0.15) is 0 Å². The summed E-state index contributed by atoms with van der Waals surface area (Å²) < 4.78 is 4.99. The predicted molar refractivity (Wildman–Crippen MR) is 49.8 cm³/mol. The summed E-state index contributed by atoms with van der Waals surface area (Å²) in [7, 11) is 1.59. The summed E-state index contributed by atoms with van der Waals surface area (Å²) in [5, 5.41) is 0.498. The first-order valence-corrected chi connectivity index (χ1v) is 4.34. The van der Waals surface area contributed by atoms with E-state index in [2.05, 4.69) is 11.9 Å². The number of hydrogen-bond acceptors (Lipinski definition) is 2. The van der Waals surface area contributed by atoms with Crippen LogP contribution < -0.4 is 4.74 Å². The number of methoxy groups -OCH3 is 1. The van der Waals surface area contributed by atoms with Gasteiger partial charge < -0.3 is 4.74 Å². The van der Waals surface area contributed by atoms with Gasteiger partial charge in [0.05, 0.1) is 7.11 Å². The summed E-state index contributed by atoms with van der Waals surface area (Å²) >= 11 is 5.77. The number of nitrogens with zero attached hydrogens (tertiary/aromatic N) is 1. The lowest BCUT2D eigenvalue weighted by molar-refractivity contribution is 0.397. The zero-order valence-corrected chi connectivity index (χ0v) is 8.06. The molecule has 0 unspecified atom stereocenters. The normalized spacial score (nSPS) is 9.92. The SMILES string of the molecule is CCCc1cc(Cl)nc(OC)c1. The van der Waals surface area contributed by atoms with Crippen LogP contribution in [0.25, 0.3) is 0 Å². The molecule has 0 amide bonds. The minimum atomic E-state index is 0.498. The molecule has 0 spiro atoms. The van der Waals surface area contributed by atoms with Crippen LogP contribution in [0.2, 0.25) is 5.15 Å². The Balaban J connectivity index is 2.90. The molecular formula is C9H12ClNO. The van der Waals surface area contributed by atoms with Gasteiger partial charge in [-0.1, -0.05) is 24.9 Å². The number of aromatic nitrogens is 1. The highest BCUT2D eigenvalue weighted by Gasteiger charge is 1.99. The first kappa shape index (κ1) is 9.33. The Kier molecular flexibility index (Phi) is 3.35. The van der Waals surface area contributed by atoms with Gasteiger partial charge in [-0.05, 0) is 18.1 Å². The Morgan fingerprint density at radius 1 is 1.50 bits per heavy atom. The molecule has 1 aromatic rings. The Bertz CT molecular complexity index is 263. The Morgan fingerprint density at radius 3 is 2.83 bits per heavy atom. The van der Waals surface area contributed by atoms with Crippen LogP contribution in [0.1, 0.15) is 18.9 Å². The lowest BCUT2D eigenvalue weighted by Gasteiger charge is -2.02. The van der Waals surface area contributed by atoms with Gasteiger partial charge in [0, 0.05) is 6.07 Å². The summed E-state index contributed by atoms with van der Waals surface area (Å²) in [5.41, 5.74) is 1.18. The van der Waals surface area contributed by atoms with Gasteiger partial charge in [0.25, 0.3) is 0 Å². The number of ether oxygens (including phenoxy) is 1. The fraction of sp³-hybridized carbons (Fsp3) is 0.444. The van der Waals surface area contributed by atoms with E-state index in [1.807, 2.05) is 12.1 Å². The van der Waals surface area contributed by atoms with Crippen LogP contribution in [0.4, 0.5) is 0 Å². The van der Waals surface area contributed by atoms with Crippen LogP contribution in [0.5, 0.6) is 5.88 Å². The van der Waals surface area contributed by atoms with E-state index in [0.717, 1.165) is 12.8 Å². The first-order chi connectivity index (χ1) is 5.76. The zero-order valence-electron chi connectivity index (χ0n) is 7.30. The van der Waals surface area contributed by atoms with Crippen LogP contribution in [0, 0.1) is 0 Å². The molecule has 0 saturated carbocycles. The summed E-state index contributed by atoms with van der Waals surface area (Å²) in [6, 6.07) is 3.78. The van der Waals surface area contributed by atoms with E-state index in [1.54, 1.807) is 7.11 Å². The van der Waals surface area contributed by atoms with Gasteiger partial charge in [0.1, 0.15) is 5.15 Å². The summed E-state index contributed by atoms with van der Waals surface area (Å²) in [6.45, 7) is 2.13. The Labute approximate surface area is 77.5 Å². The maximum atomic E-state index is 5.77. The van der Waals surface area contributed by atoms with Crippen molar-refractivity contribution >= 4 is 11.6 Å². The molecule has 0 N–H and O–H groups in total. The molecular weight excluding hydrogens is 174 g/mol. The standard InChI is InChI=1S/C9H12ClNO/c1-3-4-7-5-8(10)11-9(6-7)12-2/h5-6H,3-4H2,1-2H3. The fourth-order valence-electron chi connectivity index (χ4n) is 1.06. The van der Waals surface area contributed by atoms with Crippen molar-refractivity contribution in [3.63, 3.8) is 0 Å². The van der Waals surface area contributed by atoms with Crippen LogP contribution in [-0.4, -0.2) is 12.1 Å². The second-order valence-electron chi connectivity index (χ2n) is 2.59. The maximum Gasteiger partial charge on any atom is 0.214 e. The smallest absolute Gasteiger partial charge is 0.214 e. The summed E-state index contributed by atoms with van der Waals surface area (Å²) in [5.74, 6) is 0.589. The fourth-order valence-corrected chi connectivity index (χ4v) is 1.28. The molecule has 0 saturated heterocycles. The van der Waals surface area contributed by atoms with Crippen molar-refractivity contribution in [3.05, 3.63) is 22.8 Å². The number of hydrogen-bond donors (Lipinski definition) is 0. The van der Waals surface area contributed by atoms with Crippen LogP contribution >= 0.6 is 11.6 Å². The average molecular weight is 186 g/mol. The zero-order chi connectivity index (χ0) is 8.97. The first-order valence-electron chi connectivity index (χ1n) is 3.96. The van der Waals surface area contributed by atoms with E-state index >= 15 is 0 Å². The van der Waals surface area contributed by atoms with Gasteiger partial charge in [-0.25, -0.2) is 4.98 Å². The second kappa shape index (κ2) is 4.31. The lowest BCUT2D eigenvalue weighted by atomic mass is 10.1. The summed E-state index contributed by atoms with van der Waals surface area (Å²) in [4.78, 5) is 3.98. The number of halogens is 1. The van der Waals surface area contributed by atoms with Crippen molar-refractivity contribution in [2.24, 2.45) is 0 Å². The molecule has 2 nitrogen and oxygen atoms in total. The predicted octanol–water partition coefficient (Wildman–Crippen LogP) is 2.70. The van der Waals surface area contributed by atoms with Crippen LogP contribution in [0.15, 0.2) is 12.1 Å². The molecule has 0 aromatic carbocycles. The average Bonchev–Trinajstić information content (AvgIpc) is 2.04. The third kappa shape index (κ3) is 2.38. The van der Waals surface area contributed by atoms with Crippen molar-refractivity contribution in [2.45, 2.75) is 19.8 Å². The number of rotatable bonds is 3. The highest BCUT2D eigenvalue weighted by molar-refractivity contribution is 6.29. The molecule has 0 fully saturated rings. The Hall–Kier alpha value is -0.760. The summed E-state index contributed by atoms with van der Waals surface area (Å²) in [6.07, 6.45) is 2.11. The molecule has 1 aromatic heterocycles. The molecule has 1 heterocycles. The van der Waals surface area contributed by atoms with Gasteiger partial charge in [-0.3, -0.25) is 0 Å². The molecule has 1 rings (SSSR count). The van der Waals surface area contributed by atoms with Gasteiger partial charge in [0.2, 0.25) is 5.88 Å². The van der Waals surface area contributed by atoms with E-state index < -0.39 is 0 Å². The molecule has 0 radical (unpaired) electrons. The molecule has 12 heavy (non-hydrogen) atoms. The quantitative estimate of drug-likeness (QED) is 0.676. The lowest BCUT2D eigenvalue weighted by Crippen LogP contribution is -1.91. The van der Waals surface area contributed by atoms with Crippen LogP contribution in [-0.2, 0) is 6.42 Å². The van der Waals surface area contributed by atoms with E-state index in [0.29, 0.717) is 11.0 Å². The topological polar surface area (TPSA) is 22.1 Å². The third-order valence-corrected chi connectivity index (χ3v) is 1.77. The van der Waals surface area contributed by atoms with Crippen molar-refractivity contribution in [1.29, 1.82) is 0 Å². The largest absolute Gasteiger partial charge is 0.481 e. The van der Waals surface area contributed by atoms with Crippen LogP contribution in [0.3, 0.4) is 0 Å². The molecule has 0 atom stereocenters. The van der Waals surface area contributed by atoms with Crippen molar-refractivity contribution in [2.75, 3.05) is 7.11 Å². The highest BCUT2D eigenvalue weighted by atomic mass is 35.5.